The number of hydrogen-bond donors (Lipinski definition) is 2. The number of carbonyl (C=O) groups is 1. The van der Waals surface area contributed by atoms with E-state index in [-0.39, 0.29) is 10.9 Å². The zero-order valence-electron chi connectivity index (χ0n) is 10.8. The summed E-state index contributed by atoms with van der Waals surface area (Å²) in [6.07, 6.45) is 5.57. The number of amides is 1. The molecule has 1 atom stereocenters. The van der Waals surface area contributed by atoms with Gasteiger partial charge in [-0.2, -0.15) is 4.72 Å². The molecule has 7 nitrogen and oxygen atoms in total. The molecule has 1 fully saturated rings. The Morgan fingerprint density at radius 3 is 2.68 bits per heavy atom. The van der Waals surface area contributed by atoms with Crippen molar-refractivity contribution in [1.29, 1.82) is 0 Å². The van der Waals surface area contributed by atoms with Crippen LogP contribution in [0.4, 0.5) is 0 Å². The van der Waals surface area contributed by atoms with Gasteiger partial charge in [0.15, 0.2) is 5.03 Å². The molecule has 1 aliphatic rings. The molecule has 1 aromatic heterocycles. The van der Waals surface area contributed by atoms with Crippen LogP contribution in [-0.4, -0.2) is 48.3 Å². The van der Waals surface area contributed by atoms with Gasteiger partial charge < -0.3 is 9.88 Å². The van der Waals surface area contributed by atoms with Gasteiger partial charge in [0.05, 0.1) is 18.6 Å². The molecule has 19 heavy (non-hydrogen) atoms. The van der Waals surface area contributed by atoms with E-state index < -0.39 is 16.1 Å². The fourth-order valence-corrected chi connectivity index (χ4v) is 3.23. The highest BCUT2D eigenvalue weighted by Gasteiger charge is 2.27. The summed E-state index contributed by atoms with van der Waals surface area (Å²) < 4.78 is 26.2. The quantitative estimate of drug-likeness (QED) is 0.820. The van der Waals surface area contributed by atoms with E-state index in [2.05, 4.69) is 14.7 Å². The predicted octanol–water partition coefficient (Wildman–Crippen LogP) is 0.0890. The number of rotatable bonds is 4. The fraction of sp³-hybridized carbons (Fsp3) is 0.636. The summed E-state index contributed by atoms with van der Waals surface area (Å²) in [6, 6.07) is -0.772. The minimum atomic E-state index is -3.72. The van der Waals surface area contributed by atoms with E-state index in [1.165, 1.54) is 12.5 Å². The molecule has 2 heterocycles. The van der Waals surface area contributed by atoms with Crippen LogP contribution in [0.3, 0.4) is 0 Å². The van der Waals surface area contributed by atoms with Gasteiger partial charge in [-0.3, -0.25) is 4.79 Å². The fourth-order valence-electron chi connectivity index (χ4n) is 2.12. The van der Waals surface area contributed by atoms with Crippen molar-refractivity contribution in [2.45, 2.75) is 37.3 Å². The van der Waals surface area contributed by atoms with Crippen molar-refractivity contribution in [3.8, 4) is 0 Å². The lowest BCUT2D eigenvalue weighted by atomic mass is 10.1. The lowest BCUT2D eigenvalue weighted by Gasteiger charge is -2.29. The molecule has 0 aliphatic carbocycles. The van der Waals surface area contributed by atoms with Crippen LogP contribution in [0.1, 0.15) is 26.2 Å². The van der Waals surface area contributed by atoms with E-state index in [1.807, 2.05) is 0 Å². The van der Waals surface area contributed by atoms with Crippen molar-refractivity contribution in [2.75, 3.05) is 13.1 Å². The molecule has 0 spiro atoms. The first-order valence-electron chi connectivity index (χ1n) is 6.30. The smallest absolute Gasteiger partial charge is 0.258 e. The highest BCUT2D eigenvalue weighted by Crippen LogP contribution is 2.11. The van der Waals surface area contributed by atoms with Crippen molar-refractivity contribution in [3.63, 3.8) is 0 Å². The van der Waals surface area contributed by atoms with Gasteiger partial charge in [-0.15, -0.1) is 0 Å². The van der Waals surface area contributed by atoms with Gasteiger partial charge in [0, 0.05) is 13.1 Å². The van der Waals surface area contributed by atoms with Crippen molar-refractivity contribution < 1.29 is 13.2 Å². The third-order valence-electron chi connectivity index (χ3n) is 3.13. The highest BCUT2D eigenvalue weighted by molar-refractivity contribution is 7.89. The van der Waals surface area contributed by atoms with E-state index >= 15 is 0 Å². The van der Waals surface area contributed by atoms with Gasteiger partial charge in [-0.1, -0.05) is 0 Å². The number of nitrogens with zero attached hydrogens (tertiary/aromatic N) is 2. The van der Waals surface area contributed by atoms with Gasteiger partial charge in [-0.25, -0.2) is 13.4 Å². The zero-order chi connectivity index (χ0) is 13.9. The number of sulfonamides is 1. The lowest BCUT2D eigenvalue weighted by molar-refractivity contribution is -0.133. The Morgan fingerprint density at radius 1 is 1.42 bits per heavy atom. The second-order valence-electron chi connectivity index (χ2n) is 4.64. The molecule has 1 saturated heterocycles. The number of H-pyrrole nitrogens is 1. The number of aromatic amines is 1. The maximum Gasteiger partial charge on any atom is 0.258 e. The largest absolute Gasteiger partial charge is 0.341 e. The van der Waals surface area contributed by atoms with E-state index in [9.17, 15) is 13.2 Å². The molecule has 2 rings (SSSR count). The van der Waals surface area contributed by atoms with E-state index in [0.717, 1.165) is 19.3 Å². The first kappa shape index (κ1) is 14.0. The van der Waals surface area contributed by atoms with Crippen LogP contribution in [0.5, 0.6) is 0 Å². The number of hydrogen-bond acceptors (Lipinski definition) is 4. The van der Waals surface area contributed by atoms with E-state index in [0.29, 0.717) is 13.1 Å². The molecular formula is C11H18N4O3S. The average Bonchev–Trinajstić information content (AvgIpc) is 2.93. The maximum absolute atomic E-state index is 12.1. The van der Waals surface area contributed by atoms with Crippen molar-refractivity contribution in [1.82, 2.24) is 19.6 Å². The standard InChI is InChI=1S/C11H18N4O3S/c1-9(11(16)15-5-3-2-4-6-15)14-19(17,18)10-7-12-8-13-10/h7-9,14H,2-6H2,1H3,(H,12,13). The Morgan fingerprint density at radius 2 is 2.11 bits per heavy atom. The number of nitrogens with one attached hydrogen (secondary N) is 2. The Bertz CT molecular complexity index is 520. The topological polar surface area (TPSA) is 95.2 Å². The Kier molecular flexibility index (Phi) is 4.20. The molecule has 8 heteroatoms. The van der Waals surface area contributed by atoms with Gasteiger partial charge in [0.1, 0.15) is 0 Å². The van der Waals surface area contributed by atoms with Crippen LogP contribution in [0.15, 0.2) is 17.6 Å². The van der Waals surface area contributed by atoms with Crippen LogP contribution in [-0.2, 0) is 14.8 Å². The molecule has 1 aliphatic heterocycles. The minimum absolute atomic E-state index is 0.0363. The summed E-state index contributed by atoms with van der Waals surface area (Å²) in [7, 11) is -3.72. The van der Waals surface area contributed by atoms with E-state index in [4.69, 9.17) is 0 Å². The van der Waals surface area contributed by atoms with Crippen LogP contribution in [0, 0.1) is 0 Å². The van der Waals surface area contributed by atoms with Crippen molar-refractivity contribution in [2.24, 2.45) is 0 Å². The third kappa shape index (κ3) is 3.32. The second kappa shape index (κ2) is 5.70. The molecule has 0 aromatic carbocycles. The molecule has 0 bridgehead atoms. The first-order valence-corrected chi connectivity index (χ1v) is 7.78. The molecule has 1 unspecified atom stereocenters. The Balaban J connectivity index is 2.00. The first-order chi connectivity index (χ1) is 9.00. The predicted molar refractivity (Wildman–Crippen MR) is 68.8 cm³/mol. The van der Waals surface area contributed by atoms with Crippen molar-refractivity contribution in [3.05, 3.63) is 12.5 Å². The summed E-state index contributed by atoms with van der Waals surface area (Å²) >= 11 is 0. The number of piperidine rings is 1. The molecule has 106 valence electrons. The molecule has 1 aromatic rings. The summed E-state index contributed by atoms with van der Waals surface area (Å²) in [5.74, 6) is -0.178. The van der Waals surface area contributed by atoms with Crippen molar-refractivity contribution >= 4 is 15.9 Å². The molecular weight excluding hydrogens is 268 g/mol. The third-order valence-corrected chi connectivity index (χ3v) is 4.60. The number of imidazole rings is 1. The molecule has 1 amide bonds. The number of likely N-dealkylation sites (tertiary alicyclic amines) is 1. The molecule has 0 saturated carbocycles. The lowest BCUT2D eigenvalue weighted by Crippen LogP contribution is -2.48. The number of carbonyl (C=O) groups excluding carboxylic acids is 1. The van der Waals surface area contributed by atoms with Crippen LogP contribution in [0.25, 0.3) is 0 Å². The number of aromatic nitrogens is 2. The Labute approximate surface area is 112 Å². The highest BCUT2D eigenvalue weighted by atomic mass is 32.2. The Hall–Kier alpha value is -1.41. The summed E-state index contributed by atoms with van der Waals surface area (Å²) in [5, 5.41) is -0.0363. The maximum atomic E-state index is 12.1. The summed E-state index contributed by atoms with van der Waals surface area (Å²) in [4.78, 5) is 20.0. The minimum Gasteiger partial charge on any atom is -0.341 e. The zero-order valence-corrected chi connectivity index (χ0v) is 11.6. The molecule has 0 radical (unpaired) electrons. The van der Waals surface area contributed by atoms with Gasteiger partial charge in [0.25, 0.3) is 10.0 Å². The monoisotopic (exact) mass is 286 g/mol. The summed E-state index contributed by atoms with van der Waals surface area (Å²) in [6.45, 7) is 2.97. The van der Waals surface area contributed by atoms with E-state index in [1.54, 1.807) is 11.8 Å². The molecule has 2 N–H and O–H groups in total. The second-order valence-corrected chi connectivity index (χ2v) is 6.33. The summed E-state index contributed by atoms with van der Waals surface area (Å²) in [5.41, 5.74) is 0. The average molecular weight is 286 g/mol. The SMILES string of the molecule is CC(NS(=O)(=O)c1cnc[nH]1)C(=O)N1CCCCC1. The van der Waals surface area contributed by atoms with Gasteiger partial charge in [-0.05, 0) is 26.2 Å². The van der Waals surface area contributed by atoms with Crippen LogP contribution < -0.4 is 4.72 Å². The van der Waals surface area contributed by atoms with Crippen LogP contribution in [0.2, 0.25) is 0 Å². The normalized spacial score (nSPS) is 18.3. The van der Waals surface area contributed by atoms with Gasteiger partial charge >= 0.3 is 0 Å². The van der Waals surface area contributed by atoms with Crippen LogP contribution >= 0.6 is 0 Å². The van der Waals surface area contributed by atoms with Gasteiger partial charge in [0.2, 0.25) is 5.91 Å².